The van der Waals surface area contributed by atoms with Crippen LogP contribution in [0.2, 0.25) is 0 Å². The average molecular weight is 455 g/mol. The molecule has 0 amide bonds. The van der Waals surface area contributed by atoms with Crippen LogP contribution in [0.15, 0.2) is 57.8 Å². The molecule has 1 aliphatic heterocycles. The molecule has 1 N–H and O–H groups in total. The van der Waals surface area contributed by atoms with E-state index in [0.29, 0.717) is 31.1 Å². The van der Waals surface area contributed by atoms with E-state index in [1.807, 2.05) is 6.07 Å². The van der Waals surface area contributed by atoms with E-state index in [1.165, 1.54) is 28.6 Å². The van der Waals surface area contributed by atoms with Crippen molar-refractivity contribution in [2.45, 2.75) is 31.2 Å². The van der Waals surface area contributed by atoms with Gasteiger partial charge < -0.3 is 9.73 Å². The number of nitrogens with zero attached hydrogens (tertiary/aromatic N) is 3. The number of halogens is 1. The quantitative estimate of drug-likeness (QED) is 0.593. The summed E-state index contributed by atoms with van der Waals surface area (Å²) in [6, 6.07) is 14.3. The second kappa shape index (κ2) is 9.10. The molecule has 4 rings (SSSR count). The van der Waals surface area contributed by atoms with Gasteiger partial charge in [0.25, 0.3) is 0 Å². The molecule has 1 fully saturated rings. The van der Waals surface area contributed by atoms with Gasteiger partial charge in [0, 0.05) is 25.2 Å². The van der Waals surface area contributed by atoms with Crippen molar-refractivity contribution in [2.24, 2.45) is 5.92 Å². The number of oxazole rings is 1. The van der Waals surface area contributed by atoms with Crippen LogP contribution in [0.4, 0.5) is 10.3 Å². The van der Waals surface area contributed by atoms with Crippen molar-refractivity contribution in [3.8, 4) is 17.5 Å². The van der Waals surface area contributed by atoms with Crippen LogP contribution in [0.1, 0.15) is 31.0 Å². The molecule has 32 heavy (non-hydrogen) atoms. The molecule has 3 aromatic rings. The first-order valence-corrected chi connectivity index (χ1v) is 11.8. The van der Waals surface area contributed by atoms with Crippen molar-refractivity contribution in [1.82, 2.24) is 9.29 Å². The number of anilines is 1. The van der Waals surface area contributed by atoms with Crippen LogP contribution in [0.5, 0.6) is 0 Å². The normalized spacial score (nSPS) is 15.4. The summed E-state index contributed by atoms with van der Waals surface area (Å²) < 4.78 is 46.1. The highest BCUT2D eigenvalue weighted by atomic mass is 32.2. The van der Waals surface area contributed by atoms with E-state index in [-0.39, 0.29) is 28.2 Å². The fraction of sp³-hybridized carbons (Fsp3) is 0.304. The lowest BCUT2D eigenvalue weighted by Gasteiger charge is -2.29. The molecule has 0 spiro atoms. The molecule has 0 saturated carbocycles. The van der Waals surface area contributed by atoms with Crippen molar-refractivity contribution in [2.75, 3.05) is 18.4 Å². The van der Waals surface area contributed by atoms with E-state index >= 15 is 0 Å². The number of hydrogen-bond acceptors (Lipinski definition) is 6. The summed E-state index contributed by atoms with van der Waals surface area (Å²) in [4.78, 5) is 4.43. The molecule has 9 heteroatoms. The van der Waals surface area contributed by atoms with Crippen LogP contribution in [-0.2, 0) is 16.6 Å². The molecule has 7 nitrogen and oxygen atoms in total. The summed E-state index contributed by atoms with van der Waals surface area (Å²) in [5.74, 6) is 0.618. The molecule has 1 saturated heterocycles. The van der Waals surface area contributed by atoms with Gasteiger partial charge in [-0.2, -0.15) is 14.6 Å². The van der Waals surface area contributed by atoms with Gasteiger partial charge in [0.1, 0.15) is 11.9 Å². The van der Waals surface area contributed by atoms with E-state index in [9.17, 15) is 18.1 Å². The number of nitriles is 1. The predicted octanol–water partition coefficient (Wildman–Crippen LogP) is 4.39. The monoisotopic (exact) mass is 454 g/mol. The molecule has 2 aromatic carbocycles. The Morgan fingerprint density at radius 1 is 1.16 bits per heavy atom. The zero-order valence-electron chi connectivity index (χ0n) is 17.6. The van der Waals surface area contributed by atoms with Crippen molar-refractivity contribution >= 4 is 15.9 Å². The lowest BCUT2D eigenvalue weighted by molar-refractivity contribution is 0.288. The van der Waals surface area contributed by atoms with Gasteiger partial charge in [0.2, 0.25) is 27.5 Å². The van der Waals surface area contributed by atoms with Crippen molar-refractivity contribution in [1.29, 1.82) is 5.26 Å². The minimum atomic E-state index is -3.54. The molecule has 0 radical (unpaired) electrons. The fourth-order valence-corrected chi connectivity index (χ4v) is 5.04. The van der Waals surface area contributed by atoms with Gasteiger partial charge in [-0.3, -0.25) is 0 Å². The van der Waals surface area contributed by atoms with E-state index in [1.54, 1.807) is 24.3 Å². The van der Waals surface area contributed by atoms with Crippen LogP contribution < -0.4 is 5.32 Å². The first-order chi connectivity index (χ1) is 15.4. The standard InChI is InChI=1S/C23H23FN4O3S/c1-16-10-12-28(13-11-16)32(29,30)20-8-4-18(5-9-20)22-27-21(14-25)23(31-22)26-15-17-2-6-19(24)7-3-17/h2-9,16,26H,10-13,15H2,1H3. The zero-order valence-corrected chi connectivity index (χ0v) is 18.4. The number of rotatable bonds is 6. The predicted molar refractivity (Wildman–Crippen MR) is 118 cm³/mol. The molecule has 0 aliphatic carbocycles. The minimum Gasteiger partial charge on any atom is -0.419 e. The Hall–Kier alpha value is -3.22. The molecule has 2 heterocycles. The smallest absolute Gasteiger partial charge is 0.243 e. The highest BCUT2D eigenvalue weighted by Crippen LogP contribution is 2.28. The van der Waals surface area contributed by atoms with Gasteiger partial charge in [-0.1, -0.05) is 19.1 Å². The minimum absolute atomic E-state index is 0.0845. The van der Waals surface area contributed by atoms with Crippen molar-refractivity contribution in [3.63, 3.8) is 0 Å². The van der Waals surface area contributed by atoms with Crippen LogP contribution in [0.3, 0.4) is 0 Å². The second-order valence-corrected chi connectivity index (χ2v) is 9.84. The number of benzene rings is 2. The van der Waals surface area contributed by atoms with E-state index < -0.39 is 10.0 Å². The number of piperidine rings is 1. The lowest BCUT2D eigenvalue weighted by Crippen LogP contribution is -2.37. The molecule has 0 bridgehead atoms. The molecule has 0 unspecified atom stereocenters. The zero-order chi connectivity index (χ0) is 22.7. The lowest BCUT2D eigenvalue weighted by atomic mass is 10.0. The third kappa shape index (κ3) is 4.66. The molecular formula is C23H23FN4O3S. The third-order valence-corrected chi connectivity index (χ3v) is 7.49. The number of hydrogen-bond donors (Lipinski definition) is 1. The molecule has 1 aliphatic rings. The van der Waals surface area contributed by atoms with E-state index in [0.717, 1.165) is 18.4 Å². The van der Waals surface area contributed by atoms with Crippen molar-refractivity contribution in [3.05, 3.63) is 65.6 Å². The second-order valence-electron chi connectivity index (χ2n) is 7.90. The summed E-state index contributed by atoms with van der Waals surface area (Å²) >= 11 is 0. The Morgan fingerprint density at radius 3 is 2.44 bits per heavy atom. The largest absolute Gasteiger partial charge is 0.419 e. The van der Waals surface area contributed by atoms with Crippen LogP contribution in [-0.4, -0.2) is 30.8 Å². The van der Waals surface area contributed by atoms with Gasteiger partial charge in [-0.25, -0.2) is 12.8 Å². The van der Waals surface area contributed by atoms with Crippen molar-refractivity contribution < 1.29 is 17.2 Å². The van der Waals surface area contributed by atoms with Gasteiger partial charge >= 0.3 is 0 Å². The maximum Gasteiger partial charge on any atom is 0.243 e. The van der Waals surface area contributed by atoms with Crippen LogP contribution in [0.25, 0.3) is 11.5 Å². The number of sulfonamides is 1. The summed E-state index contributed by atoms with van der Waals surface area (Å²) in [5.41, 5.74) is 1.46. The Labute approximate surface area is 186 Å². The maximum absolute atomic E-state index is 13.1. The van der Waals surface area contributed by atoms with Crippen LogP contribution >= 0.6 is 0 Å². The van der Waals surface area contributed by atoms with Gasteiger partial charge in [0.15, 0.2) is 0 Å². The SMILES string of the molecule is CC1CCN(S(=O)(=O)c2ccc(-c3nc(C#N)c(NCc4ccc(F)cc4)o3)cc2)CC1. The van der Waals surface area contributed by atoms with E-state index in [4.69, 9.17) is 4.42 Å². The van der Waals surface area contributed by atoms with Gasteiger partial charge in [-0.15, -0.1) is 0 Å². The highest BCUT2D eigenvalue weighted by molar-refractivity contribution is 7.89. The Morgan fingerprint density at radius 2 is 1.81 bits per heavy atom. The Bertz CT molecular complexity index is 1220. The van der Waals surface area contributed by atoms with Crippen LogP contribution in [0, 0.1) is 23.1 Å². The third-order valence-electron chi connectivity index (χ3n) is 5.58. The summed E-state index contributed by atoms with van der Waals surface area (Å²) in [5, 5.41) is 12.4. The Balaban J connectivity index is 1.50. The topological polar surface area (TPSA) is 99.2 Å². The average Bonchev–Trinajstić information content (AvgIpc) is 3.22. The van der Waals surface area contributed by atoms with E-state index in [2.05, 4.69) is 17.2 Å². The first-order valence-electron chi connectivity index (χ1n) is 10.4. The number of aromatic nitrogens is 1. The molecular weight excluding hydrogens is 431 g/mol. The maximum atomic E-state index is 13.1. The Kier molecular flexibility index (Phi) is 6.26. The summed E-state index contributed by atoms with van der Waals surface area (Å²) in [7, 11) is -3.54. The molecule has 1 aromatic heterocycles. The molecule has 0 atom stereocenters. The van der Waals surface area contributed by atoms with Gasteiger partial charge in [-0.05, 0) is 60.7 Å². The molecule has 166 valence electrons. The summed E-state index contributed by atoms with van der Waals surface area (Å²) in [6.07, 6.45) is 1.72. The first kappa shape index (κ1) is 22.0. The number of nitrogens with one attached hydrogen (secondary N) is 1. The fourth-order valence-electron chi connectivity index (χ4n) is 3.57. The summed E-state index contributed by atoms with van der Waals surface area (Å²) in [6.45, 7) is 3.52. The van der Waals surface area contributed by atoms with Gasteiger partial charge in [0.05, 0.1) is 4.90 Å². The highest BCUT2D eigenvalue weighted by Gasteiger charge is 2.28.